The Bertz CT molecular complexity index is 376. The average Bonchev–Trinajstić information content (AvgIpc) is 2.89. The first-order valence-corrected chi connectivity index (χ1v) is 6.40. The van der Waals surface area contributed by atoms with E-state index in [0.717, 1.165) is 0 Å². The lowest BCUT2D eigenvalue weighted by Gasteiger charge is -2.22. The molecule has 0 aliphatic carbocycles. The summed E-state index contributed by atoms with van der Waals surface area (Å²) in [6.07, 6.45) is 0.756. The fraction of sp³-hybridized carbons (Fsp3) is 0.583. The van der Waals surface area contributed by atoms with Crippen molar-refractivity contribution < 1.29 is 19.0 Å². The van der Waals surface area contributed by atoms with Crippen LogP contribution in [0.3, 0.4) is 0 Å². The summed E-state index contributed by atoms with van der Waals surface area (Å²) >= 11 is 1.68. The first-order chi connectivity index (χ1) is 8.11. The van der Waals surface area contributed by atoms with E-state index in [1.165, 1.54) is 12.0 Å². The maximum Gasteiger partial charge on any atom is 0.308 e. The molecule has 1 aromatic rings. The van der Waals surface area contributed by atoms with E-state index in [0.29, 0.717) is 13.0 Å². The predicted octanol–water partition coefficient (Wildman–Crippen LogP) is 1.99. The standard InChI is InChI=1S/C12H16O4S/c1-12(7-10-4-3-5-17-10)15-8-9(16-12)6-11(13)14-2/h3-5,9H,6-8H2,1-2H3. The molecule has 1 aromatic heterocycles. The Morgan fingerprint density at radius 2 is 2.53 bits per heavy atom. The van der Waals surface area contributed by atoms with Gasteiger partial charge in [-0.25, -0.2) is 0 Å². The first kappa shape index (κ1) is 12.5. The minimum atomic E-state index is -0.621. The van der Waals surface area contributed by atoms with Gasteiger partial charge in [-0.2, -0.15) is 0 Å². The fourth-order valence-corrected chi connectivity index (χ4v) is 2.72. The molecule has 0 amide bonds. The molecule has 5 heteroatoms. The van der Waals surface area contributed by atoms with E-state index < -0.39 is 5.79 Å². The Kier molecular flexibility index (Phi) is 3.81. The zero-order chi connectivity index (χ0) is 12.3. The summed E-state index contributed by atoms with van der Waals surface area (Å²) in [5.74, 6) is -0.886. The van der Waals surface area contributed by atoms with Gasteiger partial charge in [0.25, 0.3) is 0 Å². The number of methoxy groups -OCH3 is 1. The quantitative estimate of drug-likeness (QED) is 0.773. The van der Waals surface area contributed by atoms with Gasteiger partial charge in [0.05, 0.1) is 26.2 Å². The topological polar surface area (TPSA) is 44.8 Å². The summed E-state index contributed by atoms with van der Waals surface area (Å²) in [5.41, 5.74) is 0. The molecule has 2 atom stereocenters. The molecular weight excluding hydrogens is 240 g/mol. The van der Waals surface area contributed by atoms with Crippen molar-refractivity contribution in [3.8, 4) is 0 Å². The summed E-state index contributed by atoms with van der Waals surface area (Å²) in [4.78, 5) is 12.4. The third kappa shape index (κ3) is 3.28. The normalized spacial score (nSPS) is 28.2. The van der Waals surface area contributed by atoms with E-state index in [4.69, 9.17) is 9.47 Å². The molecule has 0 bridgehead atoms. The summed E-state index contributed by atoms with van der Waals surface area (Å²) in [7, 11) is 1.38. The summed E-state index contributed by atoms with van der Waals surface area (Å²) in [5, 5.41) is 2.03. The van der Waals surface area contributed by atoms with Gasteiger partial charge in [-0.15, -0.1) is 11.3 Å². The van der Waals surface area contributed by atoms with Gasteiger partial charge in [0.15, 0.2) is 5.79 Å². The highest BCUT2D eigenvalue weighted by Gasteiger charge is 2.38. The lowest BCUT2D eigenvalue weighted by Crippen LogP contribution is -2.29. The molecule has 2 unspecified atom stereocenters. The molecule has 0 aromatic carbocycles. The van der Waals surface area contributed by atoms with Crippen molar-refractivity contribution >= 4 is 17.3 Å². The van der Waals surface area contributed by atoms with Crippen molar-refractivity contribution in [2.75, 3.05) is 13.7 Å². The Morgan fingerprint density at radius 3 is 3.18 bits per heavy atom. The van der Waals surface area contributed by atoms with Gasteiger partial charge in [0, 0.05) is 11.3 Å². The third-order valence-electron chi connectivity index (χ3n) is 2.69. The van der Waals surface area contributed by atoms with Crippen molar-refractivity contribution in [3.05, 3.63) is 22.4 Å². The van der Waals surface area contributed by atoms with Crippen LogP contribution in [-0.2, 0) is 25.4 Å². The van der Waals surface area contributed by atoms with Crippen molar-refractivity contribution in [2.24, 2.45) is 0 Å². The monoisotopic (exact) mass is 256 g/mol. The van der Waals surface area contributed by atoms with Crippen LogP contribution >= 0.6 is 11.3 Å². The second-order valence-corrected chi connectivity index (χ2v) is 5.25. The number of thiophene rings is 1. The number of hydrogen-bond donors (Lipinski definition) is 0. The largest absolute Gasteiger partial charge is 0.469 e. The molecule has 1 saturated heterocycles. The summed E-state index contributed by atoms with van der Waals surface area (Å²) in [6.45, 7) is 2.35. The average molecular weight is 256 g/mol. The van der Waals surface area contributed by atoms with Gasteiger partial charge in [0.2, 0.25) is 0 Å². The Morgan fingerprint density at radius 1 is 1.71 bits per heavy atom. The molecule has 0 spiro atoms. The molecule has 4 nitrogen and oxygen atoms in total. The lowest BCUT2D eigenvalue weighted by molar-refractivity contribution is -0.159. The van der Waals surface area contributed by atoms with Crippen LogP contribution in [0.4, 0.5) is 0 Å². The molecular formula is C12H16O4S. The van der Waals surface area contributed by atoms with Gasteiger partial charge in [-0.1, -0.05) is 6.07 Å². The Hall–Kier alpha value is -0.910. The zero-order valence-electron chi connectivity index (χ0n) is 9.97. The van der Waals surface area contributed by atoms with Gasteiger partial charge >= 0.3 is 5.97 Å². The number of esters is 1. The highest BCUT2D eigenvalue weighted by Crippen LogP contribution is 2.30. The third-order valence-corrected chi connectivity index (χ3v) is 3.56. The van der Waals surface area contributed by atoms with Crippen molar-refractivity contribution in [1.82, 2.24) is 0 Å². The molecule has 1 fully saturated rings. The Labute approximate surface area is 104 Å². The van der Waals surface area contributed by atoms with E-state index in [2.05, 4.69) is 10.8 Å². The molecule has 94 valence electrons. The highest BCUT2D eigenvalue weighted by molar-refractivity contribution is 7.09. The van der Waals surface area contributed by atoms with Crippen LogP contribution < -0.4 is 0 Å². The van der Waals surface area contributed by atoms with Crippen molar-refractivity contribution in [3.63, 3.8) is 0 Å². The minimum absolute atomic E-state index is 0.201. The number of carbonyl (C=O) groups is 1. The number of ether oxygens (including phenoxy) is 3. The van der Waals surface area contributed by atoms with Crippen LogP contribution in [0.25, 0.3) is 0 Å². The van der Waals surface area contributed by atoms with Crippen molar-refractivity contribution in [1.29, 1.82) is 0 Å². The molecule has 0 saturated carbocycles. The van der Waals surface area contributed by atoms with Crippen LogP contribution in [0.5, 0.6) is 0 Å². The first-order valence-electron chi connectivity index (χ1n) is 5.52. The second kappa shape index (κ2) is 5.16. The van der Waals surface area contributed by atoms with Crippen LogP contribution in [0.2, 0.25) is 0 Å². The van der Waals surface area contributed by atoms with Crippen LogP contribution in [0.1, 0.15) is 18.2 Å². The SMILES string of the molecule is COC(=O)CC1COC(C)(Cc2cccs2)O1. The molecule has 0 N–H and O–H groups in total. The van der Waals surface area contributed by atoms with Gasteiger partial charge in [-0.3, -0.25) is 4.79 Å². The maximum atomic E-state index is 11.1. The van der Waals surface area contributed by atoms with Gasteiger partial charge < -0.3 is 14.2 Å². The second-order valence-electron chi connectivity index (χ2n) is 4.22. The van der Waals surface area contributed by atoms with E-state index in [9.17, 15) is 4.79 Å². The highest BCUT2D eigenvalue weighted by atomic mass is 32.1. The molecule has 2 heterocycles. The molecule has 2 rings (SSSR count). The summed E-state index contributed by atoms with van der Waals surface area (Å²) < 4.78 is 16.0. The maximum absolute atomic E-state index is 11.1. The molecule has 17 heavy (non-hydrogen) atoms. The number of hydrogen-bond acceptors (Lipinski definition) is 5. The lowest BCUT2D eigenvalue weighted by atomic mass is 10.2. The molecule has 0 radical (unpaired) electrons. The van der Waals surface area contributed by atoms with Crippen LogP contribution in [-0.4, -0.2) is 31.6 Å². The molecule has 1 aliphatic rings. The smallest absolute Gasteiger partial charge is 0.308 e. The zero-order valence-corrected chi connectivity index (χ0v) is 10.8. The van der Waals surface area contributed by atoms with Gasteiger partial charge in [-0.05, 0) is 18.4 Å². The van der Waals surface area contributed by atoms with Crippen LogP contribution in [0.15, 0.2) is 17.5 Å². The van der Waals surface area contributed by atoms with Crippen molar-refractivity contribution in [2.45, 2.75) is 31.7 Å². The number of carbonyl (C=O) groups excluding carboxylic acids is 1. The molecule has 1 aliphatic heterocycles. The van der Waals surface area contributed by atoms with Crippen LogP contribution in [0, 0.1) is 0 Å². The fourth-order valence-electron chi connectivity index (χ4n) is 1.88. The Balaban J connectivity index is 1.89. The van der Waals surface area contributed by atoms with E-state index >= 15 is 0 Å². The predicted molar refractivity (Wildman–Crippen MR) is 63.9 cm³/mol. The van der Waals surface area contributed by atoms with Gasteiger partial charge in [0.1, 0.15) is 0 Å². The summed E-state index contributed by atoms with van der Waals surface area (Å²) in [6, 6.07) is 4.06. The van der Waals surface area contributed by atoms with E-state index in [1.54, 1.807) is 11.3 Å². The van der Waals surface area contributed by atoms with E-state index in [1.807, 2.05) is 18.4 Å². The van der Waals surface area contributed by atoms with E-state index in [-0.39, 0.29) is 18.5 Å². The number of rotatable bonds is 4. The minimum Gasteiger partial charge on any atom is -0.469 e.